The molecule has 0 unspecified atom stereocenters. The molecule has 1 atom stereocenters. The van der Waals surface area contributed by atoms with Crippen LogP contribution in [0.3, 0.4) is 0 Å². The lowest BCUT2D eigenvalue weighted by Gasteiger charge is -2.17. The number of benzene rings is 1. The fourth-order valence-electron chi connectivity index (χ4n) is 2.93. The SMILES string of the molecule is CO[C@H](Cn1ccnc1-c1ccnc2ccccc12)c1cccs1. The van der Waals surface area contributed by atoms with Crippen molar-refractivity contribution in [2.45, 2.75) is 12.6 Å². The van der Waals surface area contributed by atoms with E-state index in [2.05, 4.69) is 38.1 Å². The first kappa shape index (κ1) is 15.1. The van der Waals surface area contributed by atoms with Crippen LogP contribution in [0.25, 0.3) is 22.3 Å². The molecule has 1 aromatic carbocycles. The number of methoxy groups -OCH3 is 1. The summed E-state index contributed by atoms with van der Waals surface area (Å²) in [5.41, 5.74) is 2.07. The number of aromatic nitrogens is 3. The molecule has 120 valence electrons. The average molecular weight is 335 g/mol. The molecule has 0 amide bonds. The van der Waals surface area contributed by atoms with Crippen molar-refractivity contribution in [2.24, 2.45) is 0 Å². The van der Waals surface area contributed by atoms with Crippen molar-refractivity contribution in [3.8, 4) is 11.4 Å². The number of imidazole rings is 1. The normalized spacial score (nSPS) is 12.5. The van der Waals surface area contributed by atoms with E-state index in [-0.39, 0.29) is 6.10 Å². The molecule has 0 saturated heterocycles. The van der Waals surface area contributed by atoms with Crippen molar-refractivity contribution in [2.75, 3.05) is 7.11 Å². The largest absolute Gasteiger partial charge is 0.374 e. The minimum atomic E-state index is 0.0195. The summed E-state index contributed by atoms with van der Waals surface area (Å²) in [6, 6.07) is 14.3. The second-order valence-corrected chi connectivity index (χ2v) is 6.50. The molecular formula is C19H17N3OS. The summed E-state index contributed by atoms with van der Waals surface area (Å²) in [6.07, 6.45) is 5.70. The first-order valence-electron chi connectivity index (χ1n) is 7.78. The van der Waals surface area contributed by atoms with E-state index in [9.17, 15) is 0 Å². The first-order valence-corrected chi connectivity index (χ1v) is 8.66. The Labute approximate surface area is 144 Å². The van der Waals surface area contributed by atoms with Crippen LogP contribution in [0.1, 0.15) is 11.0 Å². The molecule has 4 rings (SSSR count). The number of ether oxygens (including phenoxy) is 1. The summed E-state index contributed by atoms with van der Waals surface area (Å²) in [7, 11) is 1.75. The summed E-state index contributed by atoms with van der Waals surface area (Å²) in [5, 5.41) is 3.18. The third kappa shape index (κ3) is 2.72. The zero-order valence-electron chi connectivity index (χ0n) is 13.3. The van der Waals surface area contributed by atoms with Crippen molar-refractivity contribution in [1.29, 1.82) is 0 Å². The highest BCUT2D eigenvalue weighted by Crippen LogP contribution is 2.29. The molecule has 0 fully saturated rings. The Bertz CT molecular complexity index is 941. The van der Waals surface area contributed by atoms with Crippen LogP contribution in [0.5, 0.6) is 0 Å². The van der Waals surface area contributed by atoms with Crippen LogP contribution in [0.2, 0.25) is 0 Å². The Morgan fingerprint density at radius 3 is 2.83 bits per heavy atom. The molecule has 4 nitrogen and oxygen atoms in total. The molecule has 0 bridgehead atoms. The van der Waals surface area contributed by atoms with Gasteiger partial charge in [-0.3, -0.25) is 4.98 Å². The maximum absolute atomic E-state index is 5.70. The van der Waals surface area contributed by atoms with Gasteiger partial charge in [-0.1, -0.05) is 24.3 Å². The van der Waals surface area contributed by atoms with Crippen molar-refractivity contribution >= 4 is 22.2 Å². The number of thiophene rings is 1. The molecule has 0 aliphatic heterocycles. The lowest BCUT2D eigenvalue weighted by Crippen LogP contribution is -2.10. The summed E-state index contributed by atoms with van der Waals surface area (Å²) >= 11 is 1.71. The zero-order valence-corrected chi connectivity index (χ0v) is 14.1. The summed E-state index contributed by atoms with van der Waals surface area (Å²) < 4.78 is 7.84. The molecule has 24 heavy (non-hydrogen) atoms. The van der Waals surface area contributed by atoms with E-state index in [1.165, 1.54) is 4.88 Å². The molecular weight excluding hydrogens is 318 g/mol. The van der Waals surface area contributed by atoms with Gasteiger partial charge in [-0.2, -0.15) is 0 Å². The monoisotopic (exact) mass is 335 g/mol. The molecule has 3 aromatic heterocycles. The van der Waals surface area contributed by atoms with E-state index in [1.54, 1.807) is 18.4 Å². The number of hydrogen-bond donors (Lipinski definition) is 0. The quantitative estimate of drug-likeness (QED) is 0.537. The lowest BCUT2D eigenvalue weighted by atomic mass is 10.1. The number of para-hydroxylation sites is 1. The lowest BCUT2D eigenvalue weighted by molar-refractivity contribution is 0.0911. The summed E-state index contributed by atoms with van der Waals surface area (Å²) in [4.78, 5) is 10.2. The third-order valence-corrected chi connectivity index (χ3v) is 5.08. The van der Waals surface area contributed by atoms with E-state index in [1.807, 2.05) is 42.9 Å². The van der Waals surface area contributed by atoms with Gasteiger partial charge in [0, 0.05) is 41.5 Å². The highest BCUT2D eigenvalue weighted by atomic mass is 32.1. The van der Waals surface area contributed by atoms with Crippen molar-refractivity contribution in [3.63, 3.8) is 0 Å². The predicted molar refractivity (Wildman–Crippen MR) is 97.0 cm³/mol. The Morgan fingerprint density at radius 2 is 2.00 bits per heavy atom. The van der Waals surface area contributed by atoms with E-state index in [4.69, 9.17) is 4.74 Å². The van der Waals surface area contributed by atoms with E-state index >= 15 is 0 Å². The molecule has 0 saturated carbocycles. The Balaban J connectivity index is 1.74. The smallest absolute Gasteiger partial charge is 0.140 e. The maximum Gasteiger partial charge on any atom is 0.140 e. The Morgan fingerprint density at radius 1 is 1.08 bits per heavy atom. The van der Waals surface area contributed by atoms with Crippen LogP contribution in [-0.4, -0.2) is 21.6 Å². The first-order chi connectivity index (χ1) is 11.9. The van der Waals surface area contributed by atoms with Crippen molar-refractivity contribution in [3.05, 3.63) is 71.3 Å². The highest BCUT2D eigenvalue weighted by molar-refractivity contribution is 7.10. The molecule has 0 spiro atoms. The second-order valence-electron chi connectivity index (χ2n) is 5.52. The van der Waals surface area contributed by atoms with Gasteiger partial charge in [0.25, 0.3) is 0 Å². The highest BCUT2D eigenvalue weighted by Gasteiger charge is 2.16. The molecule has 3 heterocycles. The molecule has 0 aliphatic carbocycles. The number of nitrogens with zero attached hydrogens (tertiary/aromatic N) is 3. The van der Waals surface area contributed by atoms with Crippen LogP contribution in [0.15, 0.2) is 66.4 Å². The Kier molecular flexibility index (Phi) is 4.11. The fraction of sp³-hybridized carbons (Fsp3) is 0.158. The van der Waals surface area contributed by atoms with Gasteiger partial charge in [-0.05, 0) is 23.6 Å². The second kappa shape index (κ2) is 6.55. The van der Waals surface area contributed by atoms with Gasteiger partial charge in [-0.25, -0.2) is 4.98 Å². The topological polar surface area (TPSA) is 39.9 Å². The van der Waals surface area contributed by atoms with Crippen LogP contribution in [0.4, 0.5) is 0 Å². The Hall–Kier alpha value is -2.50. The van der Waals surface area contributed by atoms with Gasteiger partial charge in [0.1, 0.15) is 11.9 Å². The van der Waals surface area contributed by atoms with Crippen molar-refractivity contribution in [1.82, 2.24) is 14.5 Å². The molecule has 0 radical (unpaired) electrons. The average Bonchev–Trinajstić information content (AvgIpc) is 3.31. The molecule has 0 aliphatic rings. The summed E-state index contributed by atoms with van der Waals surface area (Å²) in [5.74, 6) is 0.937. The van der Waals surface area contributed by atoms with Gasteiger partial charge in [-0.15, -0.1) is 11.3 Å². The molecule has 0 N–H and O–H groups in total. The van der Waals surface area contributed by atoms with Gasteiger partial charge < -0.3 is 9.30 Å². The van der Waals surface area contributed by atoms with Crippen LogP contribution in [-0.2, 0) is 11.3 Å². The van der Waals surface area contributed by atoms with Crippen LogP contribution in [0, 0.1) is 0 Å². The zero-order chi connectivity index (χ0) is 16.4. The van der Waals surface area contributed by atoms with Crippen LogP contribution >= 0.6 is 11.3 Å². The van der Waals surface area contributed by atoms with Gasteiger partial charge in [0.15, 0.2) is 0 Å². The number of pyridine rings is 1. The number of rotatable bonds is 5. The standard InChI is InChI=1S/C19H17N3OS/c1-23-17(18-7-4-12-24-18)13-22-11-10-21-19(22)15-8-9-20-16-6-3-2-5-14(15)16/h2-12,17H,13H2,1H3/t17-/m1/s1. The van der Waals surface area contributed by atoms with E-state index in [0.29, 0.717) is 0 Å². The molecule has 4 aromatic rings. The van der Waals surface area contributed by atoms with Crippen molar-refractivity contribution < 1.29 is 4.74 Å². The van der Waals surface area contributed by atoms with E-state index < -0.39 is 0 Å². The van der Waals surface area contributed by atoms with Crippen LogP contribution < -0.4 is 0 Å². The maximum atomic E-state index is 5.70. The number of fused-ring (bicyclic) bond motifs is 1. The minimum absolute atomic E-state index is 0.0195. The molecule has 5 heteroatoms. The minimum Gasteiger partial charge on any atom is -0.374 e. The third-order valence-electron chi connectivity index (χ3n) is 4.11. The fourth-order valence-corrected chi connectivity index (χ4v) is 3.72. The van der Waals surface area contributed by atoms with Gasteiger partial charge in [0.2, 0.25) is 0 Å². The predicted octanol–water partition coefficient (Wildman–Crippen LogP) is 4.55. The van der Waals surface area contributed by atoms with Gasteiger partial charge >= 0.3 is 0 Å². The van der Waals surface area contributed by atoms with Gasteiger partial charge in [0.05, 0.1) is 12.1 Å². The number of hydrogen-bond acceptors (Lipinski definition) is 4. The van der Waals surface area contributed by atoms with E-state index in [0.717, 1.165) is 28.8 Å². The summed E-state index contributed by atoms with van der Waals surface area (Å²) in [6.45, 7) is 0.725.